The molecule has 7 nitrogen and oxygen atoms in total. The molecule has 0 bridgehead atoms. The number of nitrogens with zero attached hydrogens (tertiary/aromatic N) is 2. The van der Waals surface area contributed by atoms with Crippen molar-refractivity contribution in [3.05, 3.63) is 17.5 Å². The second kappa shape index (κ2) is 8.20. The van der Waals surface area contributed by atoms with Crippen LogP contribution < -0.4 is 11.1 Å². The second-order valence-corrected chi connectivity index (χ2v) is 7.16. The lowest BCUT2D eigenvalue weighted by Crippen LogP contribution is -2.35. The molecule has 0 amide bonds. The fourth-order valence-corrected chi connectivity index (χ4v) is 3.70. The molecule has 1 aromatic heterocycles. The Morgan fingerprint density at radius 3 is 2.95 bits per heavy atom. The van der Waals surface area contributed by atoms with Crippen LogP contribution in [0.25, 0.3) is 0 Å². The first kappa shape index (κ1) is 16.9. The van der Waals surface area contributed by atoms with Gasteiger partial charge in [-0.2, -0.15) is 4.31 Å². The standard InChI is InChI=1S/C11H20N4O3S2/c1-15(20(16,17)10-4-3-9-19-10)7-5-13-11(12)14-6-8-18-2/h3-4,9H,5-8H2,1-2H3,(H3,12,13,14). The molecule has 1 aromatic rings. The van der Waals surface area contributed by atoms with Crippen molar-refractivity contribution in [2.75, 3.05) is 40.4 Å². The number of guanidine groups is 1. The normalized spacial score (nSPS) is 12.8. The molecule has 0 aliphatic heterocycles. The molecule has 114 valence electrons. The highest BCUT2D eigenvalue weighted by Crippen LogP contribution is 2.19. The molecule has 0 atom stereocenters. The lowest BCUT2D eigenvalue weighted by Gasteiger charge is -2.14. The molecule has 0 aliphatic carbocycles. The van der Waals surface area contributed by atoms with Crippen LogP contribution in [0.15, 0.2) is 26.7 Å². The van der Waals surface area contributed by atoms with Gasteiger partial charge in [-0.3, -0.25) is 4.99 Å². The summed E-state index contributed by atoms with van der Waals surface area (Å²) in [6.07, 6.45) is 0. The maximum absolute atomic E-state index is 12.1. The van der Waals surface area contributed by atoms with Crippen molar-refractivity contribution in [1.29, 1.82) is 0 Å². The van der Waals surface area contributed by atoms with Crippen molar-refractivity contribution in [2.45, 2.75) is 4.21 Å². The summed E-state index contributed by atoms with van der Waals surface area (Å²) in [6.45, 7) is 1.66. The van der Waals surface area contributed by atoms with Crippen LogP contribution in [0.1, 0.15) is 0 Å². The number of hydrogen-bond donors (Lipinski definition) is 2. The van der Waals surface area contributed by atoms with E-state index < -0.39 is 10.0 Å². The van der Waals surface area contributed by atoms with Crippen molar-refractivity contribution in [2.24, 2.45) is 10.7 Å². The maximum Gasteiger partial charge on any atom is 0.252 e. The number of likely N-dealkylation sites (N-methyl/N-ethyl adjacent to an activating group) is 1. The minimum absolute atomic E-state index is 0.271. The third-order valence-corrected chi connectivity index (χ3v) is 5.70. The van der Waals surface area contributed by atoms with Gasteiger partial charge in [0.05, 0.1) is 13.2 Å². The predicted octanol–water partition coefficient (Wildman–Crippen LogP) is -0.0807. The highest BCUT2D eigenvalue weighted by molar-refractivity contribution is 7.91. The zero-order valence-corrected chi connectivity index (χ0v) is 13.2. The molecule has 0 saturated heterocycles. The number of aliphatic imine (C=N–C) groups is 1. The molecular weight excluding hydrogens is 300 g/mol. The summed E-state index contributed by atoms with van der Waals surface area (Å²) in [5, 5.41) is 4.59. The van der Waals surface area contributed by atoms with Gasteiger partial charge in [-0.1, -0.05) is 6.07 Å². The zero-order chi connectivity index (χ0) is 15.0. The molecular formula is C11H20N4O3S2. The summed E-state index contributed by atoms with van der Waals surface area (Å²) in [6, 6.07) is 3.29. The van der Waals surface area contributed by atoms with Gasteiger partial charge < -0.3 is 15.8 Å². The molecule has 0 radical (unpaired) electrons. The van der Waals surface area contributed by atoms with Crippen LogP contribution in [0.5, 0.6) is 0 Å². The van der Waals surface area contributed by atoms with Crippen LogP contribution in [-0.2, 0) is 14.8 Å². The Bertz CT molecular complexity index is 514. The summed E-state index contributed by atoms with van der Waals surface area (Å²) in [5.41, 5.74) is 5.62. The molecule has 1 rings (SSSR count). The van der Waals surface area contributed by atoms with Gasteiger partial charge in [-0.05, 0) is 11.4 Å². The van der Waals surface area contributed by atoms with Crippen LogP contribution >= 0.6 is 11.3 Å². The number of thiophene rings is 1. The lowest BCUT2D eigenvalue weighted by molar-refractivity contribution is 0.204. The summed E-state index contributed by atoms with van der Waals surface area (Å²) in [4.78, 5) is 4.06. The summed E-state index contributed by atoms with van der Waals surface area (Å²) in [5.74, 6) is 0.281. The van der Waals surface area contributed by atoms with E-state index in [2.05, 4.69) is 10.3 Å². The molecule has 20 heavy (non-hydrogen) atoms. The van der Waals surface area contributed by atoms with Crippen molar-refractivity contribution >= 4 is 27.3 Å². The van der Waals surface area contributed by atoms with E-state index in [1.54, 1.807) is 24.6 Å². The molecule has 0 fully saturated rings. The Kier molecular flexibility index (Phi) is 6.93. The Labute approximate surface area is 123 Å². The van der Waals surface area contributed by atoms with Crippen molar-refractivity contribution in [3.8, 4) is 0 Å². The highest BCUT2D eigenvalue weighted by Gasteiger charge is 2.20. The Morgan fingerprint density at radius 1 is 1.60 bits per heavy atom. The van der Waals surface area contributed by atoms with Gasteiger partial charge in [0.15, 0.2) is 5.96 Å². The molecule has 0 spiro atoms. The molecule has 1 heterocycles. The SMILES string of the molecule is COCCNC(N)=NCCN(C)S(=O)(=O)c1cccs1. The Morgan fingerprint density at radius 2 is 2.35 bits per heavy atom. The zero-order valence-electron chi connectivity index (χ0n) is 11.6. The van der Waals surface area contributed by atoms with Crippen LogP contribution in [0.3, 0.4) is 0 Å². The first-order valence-electron chi connectivity index (χ1n) is 6.01. The minimum Gasteiger partial charge on any atom is -0.383 e. The number of nitrogens with two attached hydrogens (primary N) is 1. The van der Waals surface area contributed by atoms with Gasteiger partial charge in [0.1, 0.15) is 4.21 Å². The average Bonchev–Trinajstić information content (AvgIpc) is 2.93. The van der Waals surface area contributed by atoms with E-state index in [1.165, 1.54) is 22.7 Å². The van der Waals surface area contributed by atoms with Crippen molar-refractivity contribution in [3.63, 3.8) is 0 Å². The van der Waals surface area contributed by atoms with Crippen LogP contribution in [0.4, 0.5) is 0 Å². The van der Waals surface area contributed by atoms with Crippen LogP contribution in [-0.4, -0.2) is 59.1 Å². The number of rotatable bonds is 8. The van der Waals surface area contributed by atoms with Crippen LogP contribution in [0.2, 0.25) is 0 Å². The molecule has 0 aliphatic rings. The quantitative estimate of drug-likeness (QED) is 0.397. The molecule has 3 N–H and O–H groups in total. The number of nitrogens with one attached hydrogen (secondary N) is 1. The molecule has 0 unspecified atom stereocenters. The Hall–Kier alpha value is -1.16. The van der Waals surface area contributed by atoms with E-state index in [1.807, 2.05) is 0 Å². The van der Waals surface area contributed by atoms with Gasteiger partial charge in [0.2, 0.25) is 0 Å². The van der Waals surface area contributed by atoms with E-state index in [9.17, 15) is 8.42 Å². The Balaban J connectivity index is 2.43. The fraction of sp³-hybridized carbons (Fsp3) is 0.545. The maximum atomic E-state index is 12.1. The fourth-order valence-electron chi connectivity index (χ4n) is 1.33. The number of hydrogen-bond acceptors (Lipinski definition) is 5. The summed E-state index contributed by atoms with van der Waals surface area (Å²) >= 11 is 1.20. The summed E-state index contributed by atoms with van der Waals surface area (Å²) in [7, 11) is -0.290. The van der Waals surface area contributed by atoms with Crippen molar-refractivity contribution < 1.29 is 13.2 Å². The van der Waals surface area contributed by atoms with Crippen LogP contribution in [0, 0.1) is 0 Å². The minimum atomic E-state index is -3.41. The van der Waals surface area contributed by atoms with Gasteiger partial charge in [-0.15, -0.1) is 11.3 Å². The lowest BCUT2D eigenvalue weighted by atomic mass is 10.6. The summed E-state index contributed by atoms with van der Waals surface area (Å²) < 4.78 is 30.7. The van der Waals surface area contributed by atoms with E-state index in [0.29, 0.717) is 23.9 Å². The average molecular weight is 320 g/mol. The first-order valence-corrected chi connectivity index (χ1v) is 8.33. The third-order valence-electron chi connectivity index (χ3n) is 2.47. The predicted molar refractivity (Wildman–Crippen MR) is 80.5 cm³/mol. The van der Waals surface area contributed by atoms with Crippen molar-refractivity contribution in [1.82, 2.24) is 9.62 Å². The topological polar surface area (TPSA) is 97.0 Å². The monoisotopic (exact) mass is 320 g/mol. The van der Waals surface area contributed by atoms with Gasteiger partial charge in [-0.25, -0.2) is 8.42 Å². The van der Waals surface area contributed by atoms with E-state index in [0.717, 1.165) is 0 Å². The number of ether oxygens (including phenoxy) is 1. The van der Waals surface area contributed by atoms with E-state index in [4.69, 9.17) is 10.5 Å². The van der Waals surface area contributed by atoms with Gasteiger partial charge in [0.25, 0.3) is 10.0 Å². The molecule has 0 aromatic carbocycles. The highest BCUT2D eigenvalue weighted by atomic mass is 32.2. The van der Waals surface area contributed by atoms with Gasteiger partial charge in [0, 0.05) is 27.2 Å². The van der Waals surface area contributed by atoms with E-state index >= 15 is 0 Å². The largest absolute Gasteiger partial charge is 0.383 e. The molecule has 9 heteroatoms. The van der Waals surface area contributed by atoms with Gasteiger partial charge >= 0.3 is 0 Å². The molecule has 0 saturated carbocycles. The smallest absolute Gasteiger partial charge is 0.252 e. The second-order valence-electron chi connectivity index (χ2n) is 3.95. The van der Waals surface area contributed by atoms with E-state index in [-0.39, 0.29) is 12.5 Å². The third kappa shape index (κ3) is 5.08. The number of sulfonamides is 1. The number of methoxy groups -OCH3 is 1. The first-order chi connectivity index (χ1) is 9.48.